The van der Waals surface area contributed by atoms with Crippen LogP contribution in [0.5, 0.6) is 5.75 Å². The first kappa shape index (κ1) is 22.0. The molecule has 0 aromatic heterocycles. The quantitative estimate of drug-likeness (QED) is 0.350. The van der Waals surface area contributed by atoms with Gasteiger partial charge in [-0.25, -0.2) is 4.79 Å². The molecule has 4 amide bonds. The van der Waals surface area contributed by atoms with Crippen LogP contribution in [0.2, 0.25) is 0 Å². The first-order chi connectivity index (χ1) is 16.1. The van der Waals surface area contributed by atoms with Crippen molar-refractivity contribution in [2.75, 3.05) is 11.4 Å². The molecule has 0 radical (unpaired) electrons. The number of carbonyl (C=O) groups excluding carboxylic acids is 3. The summed E-state index contributed by atoms with van der Waals surface area (Å²) in [6, 6.07) is 8.37. The Hall–Kier alpha value is -3.79. The number of anilines is 1. The summed E-state index contributed by atoms with van der Waals surface area (Å²) in [6.45, 7) is 3.69. The number of hydrogen-bond donors (Lipinski definition) is 3. The van der Waals surface area contributed by atoms with E-state index in [2.05, 4.69) is 10.6 Å². The number of imide groups is 2. The van der Waals surface area contributed by atoms with Crippen molar-refractivity contribution in [3.8, 4) is 5.75 Å². The average Bonchev–Trinajstić information content (AvgIpc) is 2.79. The lowest BCUT2D eigenvalue weighted by molar-refractivity contribution is -0.153. The number of amides is 4. The Balaban J connectivity index is 1.72. The summed E-state index contributed by atoms with van der Waals surface area (Å²) in [4.78, 5) is 39.9. The molecule has 2 saturated heterocycles. The maximum absolute atomic E-state index is 15.8. The van der Waals surface area contributed by atoms with Crippen LogP contribution < -0.4 is 15.5 Å². The van der Waals surface area contributed by atoms with Crippen molar-refractivity contribution in [2.24, 2.45) is 5.41 Å². The lowest BCUT2D eigenvalue weighted by Crippen LogP contribution is -2.75. The number of carbonyl (C=O) groups is 3. The molecule has 3 heterocycles. The highest BCUT2D eigenvalue weighted by molar-refractivity contribution is 6.20. The highest BCUT2D eigenvalue weighted by Gasteiger charge is 2.63. The minimum Gasteiger partial charge on any atom is -0.591 e. The molecule has 5 rings (SSSR count). The molecule has 3 atom stereocenters. The van der Waals surface area contributed by atoms with Crippen LogP contribution in [-0.4, -0.2) is 53.5 Å². The SMILES string of the molecule is C[C@@H]1CN2c3c(cc(C(=N)c4ccccc4)c([OH2+])c3F)CC3(C(=O)NC(=O)NC3=O)[C@H]2[C@H](C)O1. The molecule has 3 aliphatic heterocycles. The Morgan fingerprint density at radius 3 is 2.47 bits per heavy atom. The molecule has 3 aliphatic rings. The third-order valence-electron chi connectivity index (χ3n) is 6.86. The molecular weight excluding hydrogens is 443 g/mol. The summed E-state index contributed by atoms with van der Waals surface area (Å²) in [5, 5.41) is 21.5. The number of urea groups is 1. The number of barbiturate groups is 1. The number of ether oxygens (including phenoxy) is 1. The normalized spacial score (nSPS) is 25.3. The van der Waals surface area contributed by atoms with Crippen LogP contribution in [-0.2, 0) is 20.7 Å². The van der Waals surface area contributed by atoms with Crippen LogP contribution in [0.1, 0.15) is 30.5 Å². The first-order valence-corrected chi connectivity index (χ1v) is 11.0. The van der Waals surface area contributed by atoms with Crippen LogP contribution in [0.15, 0.2) is 36.4 Å². The van der Waals surface area contributed by atoms with Gasteiger partial charge in [0.2, 0.25) is 17.6 Å². The molecule has 2 fully saturated rings. The molecule has 0 bridgehead atoms. The summed E-state index contributed by atoms with van der Waals surface area (Å²) >= 11 is 0. The lowest BCUT2D eigenvalue weighted by atomic mass is 9.66. The molecule has 2 aromatic rings. The highest BCUT2D eigenvalue weighted by atomic mass is 19.1. The third-order valence-corrected chi connectivity index (χ3v) is 6.86. The fraction of sp³-hybridized carbons (Fsp3) is 0.333. The van der Waals surface area contributed by atoms with Crippen LogP contribution in [0.25, 0.3) is 0 Å². The monoisotopic (exact) mass is 467 g/mol. The minimum atomic E-state index is -1.75. The number of rotatable bonds is 2. The molecule has 0 saturated carbocycles. The van der Waals surface area contributed by atoms with E-state index in [-0.39, 0.29) is 36.0 Å². The molecule has 0 unspecified atom stereocenters. The van der Waals surface area contributed by atoms with Gasteiger partial charge in [0.25, 0.3) is 0 Å². The summed E-state index contributed by atoms with van der Waals surface area (Å²) in [5.41, 5.74) is -0.780. The van der Waals surface area contributed by atoms with Crippen molar-refractivity contribution in [2.45, 2.75) is 38.5 Å². The first-order valence-electron chi connectivity index (χ1n) is 11.0. The molecule has 1 spiro atoms. The summed E-state index contributed by atoms with van der Waals surface area (Å²) in [7, 11) is 0. The Morgan fingerprint density at radius 2 is 1.82 bits per heavy atom. The van der Waals surface area contributed by atoms with Gasteiger partial charge in [-0.15, -0.1) is 0 Å². The predicted molar refractivity (Wildman–Crippen MR) is 121 cm³/mol. The smallest absolute Gasteiger partial charge is 0.328 e. The van der Waals surface area contributed by atoms with E-state index in [1.807, 2.05) is 0 Å². The topological polar surface area (TPSA) is 134 Å². The van der Waals surface area contributed by atoms with E-state index in [0.717, 1.165) is 0 Å². The zero-order valence-electron chi connectivity index (χ0n) is 18.6. The second-order valence-electron chi connectivity index (χ2n) is 9.00. The molecule has 176 valence electrons. The predicted octanol–water partition coefficient (Wildman–Crippen LogP) is 1.57. The molecule has 2 aromatic carbocycles. The molecule has 5 N–H and O–H groups in total. The number of hydrogen-bond acceptors (Lipinski definition) is 6. The van der Waals surface area contributed by atoms with Gasteiger partial charge in [0.05, 0.1) is 35.2 Å². The van der Waals surface area contributed by atoms with Crippen LogP contribution in [0.3, 0.4) is 0 Å². The van der Waals surface area contributed by atoms with Gasteiger partial charge in [-0.2, -0.15) is 4.39 Å². The number of halogens is 1. The molecule has 0 aliphatic carbocycles. The largest absolute Gasteiger partial charge is 0.591 e. The lowest BCUT2D eigenvalue weighted by Gasteiger charge is -2.55. The molecule has 9 nitrogen and oxygen atoms in total. The fourth-order valence-corrected chi connectivity index (χ4v) is 5.52. The second kappa shape index (κ2) is 7.63. The maximum Gasteiger partial charge on any atom is 0.328 e. The van der Waals surface area contributed by atoms with Gasteiger partial charge in [0.1, 0.15) is 0 Å². The number of benzene rings is 2. The summed E-state index contributed by atoms with van der Waals surface area (Å²) in [6.07, 6.45) is -1.18. The minimum absolute atomic E-state index is 0.0417. The second-order valence-corrected chi connectivity index (χ2v) is 9.00. The van der Waals surface area contributed by atoms with E-state index >= 15 is 4.39 Å². The van der Waals surface area contributed by atoms with Crippen molar-refractivity contribution >= 4 is 29.2 Å². The van der Waals surface area contributed by atoms with Crippen molar-refractivity contribution in [1.82, 2.24) is 10.6 Å². The Bertz CT molecular complexity index is 1230. The Morgan fingerprint density at radius 1 is 1.18 bits per heavy atom. The van der Waals surface area contributed by atoms with E-state index in [0.29, 0.717) is 11.1 Å². The summed E-state index contributed by atoms with van der Waals surface area (Å²) in [5.74, 6) is -2.80. The molecular formula is C24H24FN4O5+. The number of fused-ring (bicyclic) bond motifs is 4. The van der Waals surface area contributed by atoms with Crippen molar-refractivity contribution in [1.29, 1.82) is 5.41 Å². The zero-order chi connectivity index (χ0) is 24.4. The zero-order valence-corrected chi connectivity index (χ0v) is 18.6. The van der Waals surface area contributed by atoms with E-state index in [4.69, 9.17) is 15.3 Å². The average molecular weight is 467 g/mol. The molecule has 10 heteroatoms. The van der Waals surface area contributed by atoms with Crippen LogP contribution in [0.4, 0.5) is 14.9 Å². The van der Waals surface area contributed by atoms with Gasteiger partial charge >= 0.3 is 11.8 Å². The van der Waals surface area contributed by atoms with Crippen molar-refractivity contribution < 1.29 is 28.6 Å². The van der Waals surface area contributed by atoms with Gasteiger partial charge < -0.3 is 14.7 Å². The van der Waals surface area contributed by atoms with Crippen molar-refractivity contribution in [3.05, 3.63) is 58.9 Å². The van der Waals surface area contributed by atoms with Gasteiger partial charge in [-0.1, -0.05) is 30.3 Å². The number of nitrogens with one attached hydrogen (secondary N) is 3. The van der Waals surface area contributed by atoms with Gasteiger partial charge in [0, 0.05) is 18.5 Å². The van der Waals surface area contributed by atoms with E-state index < -0.39 is 47.0 Å². The fourth-order valence-electron chi connectivity index (χ4n) is 5.52. The number of nitrogens with zero attached hydrogens (tertiary/aromatic N) is 1. The van der Waals surface area contributed by atoms with E-state index in [9.17, 15) is 14.4 Å². The van der Waals surface area contributed by atoms with Gasteiger partial charge in [-0.3, -0.25) is 25.6 Å². The Kier molecular flexibility index (Phi) is 4.94. The summed E-state index contributed by atoms with van der Waals surface area (Å²) < 4.78 is 21.8. The number of morpholine rings is 1. The standard InChI is InChI=1S/C24H23FN4O5/c1-11-10-29-18-14(8-15(19(30)16(18)25)17(26)13-6-4-3-5-7-13)9-24(20(29)12(2)34-11)21(31)27-23(33)28-22(24)32/h3-8,11-12,20,26,30H,9-10H2,1-2H3,(H2,27,28,31,32,33)/p+1/t11-,12+,20-/m1/s1. The molecule has 34 heavy (non-hydrogen) atoms. The maximum atomic E-state index is 15.8. The van der Waals surface area contributed by atoms with Crippen LogP contribution in [0, 0.1) is 16.6 Å². The van der Waals surface area contributed by atoms with Crippen LogP contribution >= 0.6 is 0 Å². The van der Waals surface area contributed by atoms with E-state index in [1.54, 1.807) is 49.1 Å². The Labute approximate surface area is 194 Å². The highest BCUT2D eigenvalue weighted by Crippen LogP contribution is 2.49. The third kappa shape index (κ3) is 3.02. The van der Waals surface area contributed by atoms with Crippen molar-refractivity contribution in [3.63, 3.8) is 0 Å². The van der Waals surface area contributed by atoms with Gasteiger partial charge in [-0.05, 0) is 25.5 Å². The van der Waals surface area contributed by atoms with Gasteiger partial charge in [0.15, 0.2) is 5.41 Å². The van der Waals surface area contributed by atoms with E-state index in [1.165, 1.54) is 6.07 Å².